The van der Waals surface area contributed by atoms with Crippen LogP contribution in [0.2, 0.25) is 5.02 Å². The molecule has 0 spiro atoms. The Hall–Kier alpha value is -1.44. The van der Waals surface area contributed by atoms with Crippen LogP contribution < -0.4 is 10.6 Å². The van der Waals surface area contributed by atoms with Crippen LogP contribution in [0.1, 0.15) is 49.1 Å². The van der Waals surface area contributed by atoms with Crippen molar-refractivity contribution in [3.63, 3.8) is 0 Å². The Morgan fingerprint density at radius 3 is 2.60 bits per heavy atom. The third-order valence-corrected chi connectivity index (χ3v) is 5.49. The maximum atomic E-state index is 12.6. The van der Waals surface area contributed by atoms with Crippen molar-refractivity contribution in [1.82, 2.24) is 10.6 Å². The van der Waals surface area contributed by atoms with Crippen LogP contribution in [-0.4, -0.2) is 27.7 Å². The number of nitrogens with one attached hydrogen (secondary N) is 2. The van der Waals surface area contributed by atoms with Crippen molar-refractivity contribution in [2.45, 2.75) is 43.8 Å². The van der Waals surface area contributed by atoms with Crippen LogP contribution in [0, 0.1) is 5.92 Å². The van der Waals surface area contributed by atoms with Crippen LogP contribution in [0.3, 0.4) is 0 Å². The zero-order chi connectivity index (χ0) is 18.4. The Morgan fingerprint density at radius 2 is 2.04 bits per heavy atom. The fourth-order valence-corrected chi connectivity index (χ4v) is 4.12. The molecule has 1 aliphatic rings. The molecular formula is C17H23ClN2O4S. The molecule has 0 radical (unpaired) electrons. The van der Waals surface area contributed by atoms with Gasteiger partial charge in [-0.1, -0.05) is 49.4 Å². The third kappa shape index (κ3) is 5.80. The number of amides is 3. The molecule has 6 nitrogen and oxygen atoms in total. The van der Waals surface area contributed by atoms with Crippen LogP contribution in [0.25, 0.3) is 0 Å². The van der Waals surface area contributed by atoms with E-state index in [2.05, 4.69) is 10.6 Å². The molecule has 0 heterocycles. The maximum Gasteiger partial charge on any atom is 0.321 e. The van der Waals surface area contributed by atoms with Gasteiger partial charge >= 0.3 is 6.03 Å². The lowest BCUT2D eigenvalue weighted by Crippen LogP contribution is -2.40. The molecule has 1 aliphatic carbocycles. The lowest BCUT2D eigenvalue weighted by Gasteiger charge is -2.21. The van der Waals surface area contributed by atoms with E-state index in [1.165, 1.54) is 7.05 Å². The molecule has 3 N–H and O–H groups in total. The van der Waals surface area contributed by atoms with E-state index in [9.17, 15) is 13.8 Å². The van der Waals surface area contributed by atoms with Crippen molar-refractivity contribution in [2.75, 3.05) is 7.05 Å². The van der Waals surface area contributed by atoms with E-state index < -0.39 is 23.0 Å². The van der Waals surface area contributed by atoms with Gasteiger partial charge in [-0.05, 0) is 29.5 Å². The summed E-state index contributed by atoms with van der Waals surface area (Å²) < 4.78 is 20.0. The fourth-order valence-electron chi connectivity index (χ4n) is 3.27. The molecule has 0 saturated heterocycles. The summed E-state index contributed by atoms with van der Waals surface area (Å²) in [5.41, 5.74) is 1.27. The molecule has 25 heavy (non-hydrogen) atoms. The van der Waals surface area contributed by atoms with Gasteiger partial charge in [0.2, 0.25) is 5.91 Å². The number of hydrogen-bond acceptors (Lipinski definition) is 3. The van der Waals surface area contributed by atoms with Crippen molar-refractivity contribution in [1.29, 1.82) is 0 Å². The van der Waals surface area contributed by atoms with Gasteiger partial charge < -0.3 is 9.87 Å². The van der Waals surface area contributed by atoms with Crippen LogP contribution in [0.5, 0.6) is 0 Å². The van der Waals surface area contributed by atoms with Crippen molar-refractivity contribution in [2.24, 2.45) is 5.92 Å². The minimum Gasteiger partial charge on any atom is -0.341 e. The van der Waals surface area contributed by atoms with Crippen LogP contribution in [0.4, 0.5) is 4.79 Å². The van der Waals surface area contributed by atoms with Gasteiger partial charge in [-0.2, -0.15) is 0 Å². The predicted molar refractivity (Wildman–Crippen MR) is 97.8 cm³/mol. The number of halogens is 1. The number of hydrogen-bond donors (Lipinski definition) is 3. The first-order chi connectivity index (χ1) is 11.9. The average molecular weight is 387 g/mol. The molecule has 1 aromatic rings. The number of carbonyl (C=O) groups is 2. The largest absolute Gasteiger partial charge is 0.341 e. The molecule has 2 rings (SSSR count). The molecule has 8 heteroatoms. The monoisotopic (exact) mass is 386 g/mol. The standard InChI is InChI=1S/C17H23ClN2O4S/c1-19-17(22)20-16(21)14(8-11-4-2-3-5-11)12-6-7-13(10-25(23)24)15(18)9-12/h6-7,9,11,14H,2-5,8,10H2,1H3,(H,23,24)(H2,19,20,21,22). The van der Waals surface area contributed by atoms with Crippen molar-refractivity contribution < 1.29 is 18.4 Å². The highest BCUT2D eigenvalue weighted by Crippen LogP contribution is 2.35. The Bertz CT molecular complexity index is 662. The summed E-state index contributed by atoms with van der Waals surface area (Å²) in [6, 6.07) is 4.53. The molecule has 138 valence electrons. The molecule has 1 aromatic carbocycles. The SMILES string of the molecule is CNC(=O)NC(=O)C(CC1CCCC1)c1ccc(CS(=O)O)c(Cl)c1. The molecule has 0 bridgehead atoms. The summed E-state index contributed by atoms with van der Waals surface area (Å²) in [5, 5.41) is 5.08. The molecule has 1 saturated carbocycles. The molecule has 0 aliphatic heterocycles. The third-order valence-electron chi connectivity index (χ3n) is 4.58. The van der Waals surface area contributed by atoms with Gasteiger partial charge in [0.15, 0.2) is 11.1 Å². The number of carbonyl (C=O) groups excluding carboxylic acids is 2. The Kier molecular flexibility index (Phi) is 7.40. The van der Waals surface area contributed by atoms with E-state index in [0.717, 1.165) is 25.7 Å². The minimum absolute atomic E-state index is 0.0587. The quantitative estimate of drug-likeness (QED) is 0.654. The summed E-state index contributed by atoms with van der Waals surface area (Å²) in [6.45, 7) is 0. The lowest BCUT2D eigenvalue weighted by molar-refractivity contribution is -0.121. The highest BCUT2D eigenvalue weighted by molar-refractivity contribution is 7.78. The van der Waals surface area contributed by atoms with Crippen molar-refractivity contribution in [3.8, 4) is 0 Å². The number of rotatable bonds is 6. The number of benzene rings is 1. The van der Waals surface area contributed by atoms with Gasteiger partial charge in [0.05, 0.1) is 11.7 Å². The fraction of sp³-hybridized carbons (Fsp3) is 0.529. The van der Waals surface area contributed by atoms with E-state index in [4.69, 9.17) is 16.2 Å². The summed E-state index contributed by atoms with van der Waals surface area (Å²) in [7, 11) is 1.45. The first kappa shape index (κ1) is 19.9. The second-order valence-electron chi connectivity index (χ2n) is 6.32. The van der Waals surface area contributed by atoms with E-state index >= 15 is 0 Å². The average Bonchev–Trinajstić information content (AvgIpc) is 3.07. The first-order valence-electron chi connectivity index (χ1n) is 8.29. The highest BCUT2D eigenvalue weighted by atomic mass is 35.5. The number of urea groups is 1. The minimum atomic E-state index is -1.98. The van der Waals surface area contributed by atoms with Crippen LogP contribution in [-0.2, 0) is 21.6 Å². The van der Waals surface area contributed by atoms with Gasteiger partial charge in [0.25, 0.3) is 0 Å². The Morgan fingerprint density at radius 1 is 1.36 bits per heavy atom. The predicted octanol–water partition coefficient (Wildman–Crippen LogP) is 3.18. The first-order valence-corrected chi connectivity index (χ1v) is 9.94. The second kappa shape index (κ2) is 9.31. The molecule has 3 amide bonds. The van der Waals surface area contributed by atoms with E-state index in [-0.39, 0.29) is 11.7 Å². The summed E-state index contributed by atoms with van der Waals surface area (Å²) in [5.74, 6) is -0.451. The second-order valence-corrected chi connectivity index (χ2v) is 7.66. The Balaban J connectivity index is 2.23. The summed E-state index contributed by atoms with van der Waals surface area (Å²) in [4.78, 5) is 24.1. The van der Waals surface area contributed by atoms with Crippen LogP contribution >= 0.6 is 11.6 Å². The topological polar surface area (TPSA) is 95.5 Å². The van der Waals surface area contributed by atoms with Gasteiger partial charge in [-0.15, -0.1) is 0 Å². The number of imide groups is 1. The summed E-state index contributed by atoms with van der Waals surface area (Å²) in [6.07, 6.45) is 5.15. The zero-order valence-electron chi connectivity index (χ0n) is 14.1. The molecule has 2 unspecified atom stereocenters. The van der Waals surface area contributed by atoms with E-state index in [0.29, 0.717) is 28.5 Å². The molecule has 2 atom stereocenters. The van der Waals surface area contributed by atoms with Crippen LogP contribution in [0.15, 0.2) is 18.2 Å². The van der Waals surface area contributed by atoms with Gasteiger partial charge in [-0.25, -0.2) is 9.00 Å². The van der Waals surface area contributed by atoms with Gasteiger partial charge in [-0.3, -0.25) is 10.1 Å². The van der Waals surface area contributed by atoms with Gasteiger partial charge in [0.1, 0.15) is 0 Å². The maximum absolute atomic E-state index is 12.6. The van der Waals surface area contributed by atoms with Crippen molar-refractivity contribution in [3.05, 3.63) is 34.3 Å². The molecule has 0 aromatic heterocycles. The van der Waals surface area contributed by atoms with E-state index in [1.54, 1.807) is 18.2 Å². The van der Waals surface area contributed by atoms with E-state index in [1.807, 2.05) is 0 Å². The lowest BCUT2D eigenvalue weighted by atomic mass is 9.87. The van der Waals surface area contributed by atoms with Crippen molar-refractivity contribution >= 4 is 34.6 Å². The zero-order valence-corrected chi connectivity index (χ0v) is 15.7. The smallest absolute Gasteiger partial charge is 0.321 e. The highest BCUT2D eigenvalue weighted by Gasteiger charge is 2.28. The summed E-state index contributed by atoms with van der Waals surface area (Å²) >= 11 is 4.23. The molecular weight excluding hydrogens is 364 g/mol. The molecule has 1 fully saturated rings. The van der Waals surface area contributed by atoms with Gasteiger partial charge in [0, 0.05) is 12.1 Å². The Labute approximate surface area is 155 Å². The normalized spacial score (nSPS) is 17.1.